The first-order chi connectivity index (χ1) is 10.5. The van der Waals surface area contributed by atoms with Gasteiger partial charge in [-0.25, -0.2) is 9.37 Å². The van der Waals surface area contributed by atoms with Crippen LogP contribution in [-0.4, -0.2) is 25.5 Å². The van der Waals surface area contributed by atoms with Gasteiger partial charge in [0.15, 0.2) is 0 Å². The third kappa shape index (κ3) is 2.39. The fourth-order valence-electron chi connectivity index (χ4n) is 2.02. The standard InChI is InChI=1S/C14H11ClFN5O/c1-7-11(15)8(2)21-14(17-7)19-13(20-21)18-12(22)9-5-3-4-6-10(9)16/h3-6H,1-2H3,(H,18,20,22). The molecule has 22 heavy (non-hydrogen) atoms. The van der Waals surface area contributed by atoms with Gasteiger partial charge in [0.25, 0.3) is 17.6 Å². The van der Waals surface area contributed by atoms with E-state index in [0.717, 1.165) is 0 Å². The highest BCUT2D eigenvalue weighted by atomic mass is 35.5. The van der Waals surface area contributed by atoms with Gasteiger partial charge in [-0.1, -0.05) is 23.7 Å². The second-order valence-electron chi connectivity index (χ2n) is 4.68. The minimum absolute atomic E-state index is 0.0329. The molecule has 0 saturated carbocycles. The van der Waals surface area contributed by atoms with Crippen LogP contribution in [0.1, 0.15) is 21.7 Å². The summed E-state index contributed by atoms with van der Waals surface area (Å²) >= 11 is 6.10. The third-order valence-electron chi connectivity index (χ3n) is 3.15. The zero-order valence-electron chi connectivity index (χ0n) is 11.8. The van der Waals surface area contributed by atoms with Gasteiger partial charge in [-0.05, 0) is 26.0 Å². The number of aromatic nitrogens is 4. The smallest absolute Gasteiger partial charge is 0.261 e. The highest BCUT2D eigenvalue weighted by Gasteiger charge is 2.16. The van der Waals surface area contributed by atoms with Crippen LogP contribution in [0.4, 0.5) is 10.3 Å². The Balaban J connectivity index is 1.97. The van der Waals surface area contributed by atoms with Gasteiger partial charge in [-0.3, -0.25) is 10.1 Å². The van der Waals surface area contributed by atoms with E-state index in [9.17, 15) is 9.18 Å². The SMILES string of the molecule is Cc1nc2nc(NC(=O)c3ccccc3F)nn2c(C)c1Cl. The van der Waals surface area contributed by atoms with Gasteiger partial charge >= 0.3 is 0 Å². The van der Waals surface area contributed by atoms with Gasteiger partial charge in [-0.2, -0.15) is 9.50 Å². The largest absolute Gasteiger partial charge is 0.289 e. The van der Waals surface area contributed by atoms with Crippen LogP contribution in [0.15, 0.2) is 24.3 Å². The Labute approximate surface area is 130 Å². The number of benzene rings is 1. The zero-order valence-corrected chi connectivity index (χ0v) is 12.5. The molecule has 0 spiro atoms. The van der Waals surface area contributed by atoms with E-state index in [4.69, 9.17) is 11.6 Å². The lowest BCUT2D eigenvalue weighted by Crippen LogP contribution is -2.14. The van der Waals surface area contributed by atoms with Crippen molar-refractivity contribution in [2.45, 2.75) is 13.8 Å². The van der Waals surface area contributed by atoms with Crippen LogP contribution in [0.2, 0.25) is 5.02 Å². The molecule has 3 aromatic rings. The summed E-state index contributed by atoms with van der Waals surface area (Å²) in [6, 6.07) is 5.67. The summed E-state index contributed by atoms with van der Waals surface area (Å²) in [6.45, 7) is 3.52. The number of aryl methyl sites for hydroxylation is 2. The highest BCUT2D eigenvalue weighted by Crippen LogP contribution is 2.19. The number of hydrogen-bond acceptors (Lipinski definition) is 4. The van der Waals surface area contributed by atoms with Crippen molar-refractivity contribution in [3.63, 3.8) is 0 Å². The van der Waals surface area contributed by atoms with Gasteiger partial charge in [0.1, 0.15) is 5.82 Å². The molecule has 0 unspecified atom stereocenters. The molecule has 112 valence electrons. The Morgan fingerprint density at radius 1 is 1.27 bits per heavy atom. The maximum Gasteiger partial charge on any atom is 0.261 e. The minimum atomic E-state index is -0.630. The number of anilines is 1. The molecule has 0 fully saturated rings. The molecule has 0 aliphatic carbocycles. The second-order valence-corrected chi connectivity index (χ2v) is 5.06. The van der Waals surface area contributed by atoms with Crippen molar-refractivity contribution in [3.8, 4) is 0 Å². The summed E-state index contributed by atoms with van der Waals surface area (Å²) in [4.78, 5) is 20.3. The first-order valence-electron chi connectivity index (χ1n) is 6.42. The summed E-state index contributed by atoms with van der Waals surface area (Å²) < 4.78 is 15.0. The Hall–Kier alpha value is -2.54. The first kappa shape index (κ1) is 14.4. The van der Waals surface area contributed by atoms with E-state index in [-0.39, 0.29) is 11.5 Å². The van der Waals surface area contributed by atoms with E-state index < -0.39 is 11.7 Å². The van der Waals surface area contributed by atoms with Gasteiger partial charge in [0, 0.05) is 0 Å². The molecule has 2 heterocycles. The van der Waals surface area contributed by atoms with Gasteiger partial charge < -0.3 is 0 Å². The number of carbonyl (C=O) groups excluding carboxylic acids is 1. The van der Waals surface area contributed by atoms with Crippen LogP contribution in [-0.2, 0) is 0 Å². The quantitative estimate of drug-likeness (QED) is 0.788. The minimum Gasteiger partial charge on any atom is -0.289 e. The summed E-state index contributed by atoms with van der Waals surface area (Å²) in [6.07, 6.45) is 0. The van der Waals surface area contributed by atoms with E-state index in [0.29, 0.717) is 22.2 Å². The van der Waals surface area contributed by atoms with Crippen molar-refractivity contribution in [1.82, 2.24) is 19.6 Å². The molecule has 1 amide bonds. The molecule has 6 nitrogen and oxygen atoms in total. The predicted octanol–water partition coefficient (Wildman–Crippen LogP) is 2.79. The Kier molecular flexibility index (Phi) is 3.50. The highest BCUT2D eigenvalue weighted by molar-refractivity contribution is 6.31. The number of fused-ring (bicyclic) bond motifs is 1. The zero-order chi connectivity index (χ0) is 15.9. The molecule has 8 heteroatoms. The lowest BCUT2D eigenvalue weighted by Gasteiger charge is -2.02. The summed E-state index contributed by atoms with van der Waals surface area (Å²) in [5.41, 5.74) is 1.19. The number of halogens is 2. The molecule has 0 atom stereocenters. The number of rotatable bonds is 2. The summed E-state index contributed by atoms with van der Waals surface area (Å²) in [5.74, 6) is -0.903. The van der Waals surface area contributed by atoms with E-state index in [1.165, 1.54) is 22.7 Å². The molecule has 0 aliphatic rings. The van der Waals surface area contributed by atoms with Gasteiger partial charge in [0.05, 0.1) is 22.0 Å². The number of carbonyl (C=O) groups is 1. The van der Waals surface area contributed by atoms with E-state index in [1.807, 2.05) is 0 Å². The summed E-state index contributed by atoms with van der Waals surface area (Å²) in [5, 5.41) is 7.04. The molecule has 3 rings (SSSR count). The van der Waals surface area contributed by atoms with Crippen LogP contribution in [0.25, 0.3) is 5.78 Å². The number of nitrogens with zero attached hydrogens (tertiary/aromatic N) is 4. The second kappa shape index (κ2) is 5.34. The molecular weight excluding hydrogens is 309 g/mol. The molecule has 0 radical (unpaired) electrons. The molecule has 1 aromatic carbocycles. The first-order valence-corrected chi connectivity index (χ1v) is 6.80. The van der Waals surface area contributed by atoms with Gasteiger partial charge in [0.2, 0.25) is 0 Å². The van der Waals surface area contributed by atoms with Crippen molar-refractivity contribution in [1.29, 1.82) is 0 Å². The molecule has 1 N–H and O–H groups in total. The maximum absolute atomic E-state index is 13.6. The lowest BCUT2D eigenvalue weighted by atomic mass is 10.2. The molecule has 0 saturated heterocycles. The van der Waals surface area contributed by atoms with Gasteiger partial charge in [-0.15, -0.1) is 5.10 Å². The fourth-order valence-corrected chi connectivity index (χ4v) is 2.14. The molecule has 0 bridgehead atoms. The van der Waals surface area contributed by atoms with Crippen LogP contribution in [0.3, 0.4) is 0 Å². The van der Waals surface area contributed by atoms with Crippen molar-refractivity contribution in [2.24, 2.45) is 0 Å². The van der Waals surface area contributed by atoms with E-state index >= 15 is 0 Å². The average molecular weight is 320 g/mol. The number of amides is 1. The number of nitrogens with one attached hydrogen (secondary N) is 1. The fraction of sp³-hybridized carbons (Fsp3) is 0.143. The van der Waals surface area contributed by atoms with Crippen molar-refractivity contribution in [3.05, 3.63) is 52.1 Å². The monoisotopic (exact) mass is 319 g/mol. The van der Waals surface area contributed by atoms with Crippen molar-refractivity contribution in [2.75, 3.05) is 5.32 Å². The van der Waals surface area contributed by atoms with Crippen molar-refractivity contribution < 1.29 is 9.18 Å². The van der Waals surface area contributed by atoms with Crippen LogP contribution in [0.5, 0.6) is 0 Å². The van der Waals surface area contributed by atoms with E-state index in [2.05, 4.69) is 20.4 Å². The molecular formula is C14H11ClFN5O. The Morgan fingerprint density at radius 2 is 2.00 bits per heavy atom. The Morgan fingerprint density at radius 3 is 2.73 bits per heavy atom. The topological polar surface area (TPSA) is 72.2 Å². The molecule has 2 aromatic heterocycles. The van der Waals surface area contributed by atoms with E-state index in [1.54, 1.807) is 19.9 Å². The van der Waals surface area contributed by atoms with Crippen molar-refractivity contribution >= 4 is 29.2 Å². The summed E-state index contributed by atoms with van der Waals surface area (Å²) in [7, 11) is 0. The third-order valence-corrected chi connectivity index (χ3v) is 3.70. The van der Waals surface area contributed by atoms with Crippen LogP contribution < -0.4 is 5.32 Å². The molecule has 0 aliphatic heterocycles. The lowest BCUT2D eigenvalue weighted by molar-refractivity contribution is 0.102. The Bertz CT molecular complexity index is 892. The predicted molar refractivity (Wildman–Crippen MR) is 79.6 cm³/mol. The normalized spacial score (nSPS) is 10.9. The maximum atomic E-state index is 13.6. The van der Waals surface area contributed by atoms with Crippen LogP contribution >= 0.6 is 11.6 Å². The number of hydrogen-bond donors (Lipinski definition) is 1. The van der Waals surface area contributed by atoms with Crippen LogP contribution in [0, 0.1) is 19.7 Å². The average Bonchev–Trinajstić information content (AvgIpc) is 2.87.